The fourth-order valence-corrected chi connectivity index (χ4v) is 1.12. The van der Waals surface area contributed by atoms with E-state index in [-0.39, 0.29) is 0 Å². The van der Waals surface area contributed by atoms with E-state index in [2.05, 4.69) is 15.2 Å². The number of nitrogens with one attached hydrogen (secondary N) is 1. The van der Waals surface area contributed by atoms with Crippen molar-refractivity contribution in [3.63, 3.8) is 0 Å². The molecule has 68 valence electrons. The Kier molecular flexibility index (Phi) is 2.93. The summed E-state index contributed by atoms with van der Waals surface area (Å²) in [5, 5.41) is 7.00. The Hall–Kier alpha value is -0.750. The fraction of sp³-hybridized carbons (Fsp3) is 0.833. The molecule has 0 aliphatic rings. The Morgan fingerprint density at radius 1 is 1.67 bits per heavy atom. The van der Waals surface area contributed by atoms with Crippen LogP contribution in [-0.4, -0.2) is 40.5 Å². The third-order valence-electron chi connectivity index (χ3n) is 1.50. The number of tetrazole rings is 1. The number of rotatable bonds is 3. The van der Waals surface area contributed by atoms with Gasteiger partial charge in [0, 0.05) is 6.54 Å². The van der Waals surface area contributed by atoms with Gasteiger partial charge in [0.15, 0.2) is 0 Å². The van der Waals surface area contributed by atoms with Gasteiger partial charge in [-0.1, -0.05) is 10.0 Å². The molecule has 0 bridgehead atoms. The fourth-order valence-electron chi connectivity index (χ4n) is 0.868. The Morgan fingerprint density at radius 3 is 2.75 bits per heavy atom. The number of H-pyrrole nitrogens is 1. The van der Waals surface area contributed by atoms with E-state index in [0.717, 1.165) is 13.1 Å². The molecule has 6 heteroatoms. The van der Waals surface area contributed by atoms with Gasteiger partial charge >= 0.3 is 4.77 Å². The Balaban J connectivity index is 2.63. The first kappa shape index (κ1) is 9.34. The van der Waals surface area contributed by atoms with Crippen molar-refractivity contribution >= 4 is 12.2 Å². The van der Waals surface area contributed by atoms with Crippen molar-refractivity contribution in [3.8, 4) is 0 Å². The SMILES string of the molecule is CN(C)CCn1[nH][n+](C)nc1=S. The van der Waals surface area contributed by atoms with Crippen LogP contribution in [0.4, 0.5) is 0 Å². The summed E-state index contributed by atoms with van der Waals surface area (Å²) >= 11 is 5.01. The summed E-state index contributed by atoms with van der Waals surface area (Å²) in [6, 6.07) is 0. The maximum absolute atomic E-state index is 5.01. The predicted molar refractivity (Wildman–Crippen MR) is 47.1 cm³/mol. The average Bonchev–Trinajstić information content (AvgIpc) is 2.26. The molecule has 0 atom stereocenters. The summed E-state index contributed by atoms with van der Waals surface area (Å²) < 4.78 is 2.44. The first-order valence-corrected chi connectivity index (χ1v) is 4.18. The van der Waals surface area contributed by atoms with Crippen LogP contribution in [0.2, 0.25) is 0 Å². The summed E-state index contributed by atoms with van der Waals surface area (Å²) in [5.41, 5.74) is 0. The molecule has 0 aliphatic carbocycles. The molecule has 12 heavy (non-hydrogen) atoms. The van der Waals surface area contributed by atoms with Gasteiger partial charge in [-0.3, -0.25) is 0 Å². The van der Waals surface area contributed by atoms with Crippen LogP contribution in [0.1, 0.15) is 0 Å². The van der Waals surface area contributed by atoms with Gasteiger partial charge < -0.3 is 4.90 Å². The second kappa shape index (κ2) is 3.77. The summed E-state index contributed by atoms with van der Waals surface area (Å²) in [5.74, 6) is 0. The lowest BCUT2D eigenvalue weighted by Crippen LogP contribution is -2.34. The maximum Gasteiger partial charge on any atom is 0.347 e. The van der Waals surface area contributed by atoms with Crippen LogP contribution in [0.5, 0.6) is 0 Å². The molecule has 1 rings (SSSR count). The minimum absolute atomic E-state index is 0.597. The standard InChI is InChI=1S/C6H13N5S/c1-9(2)4-5-11-6(12)7-10(3)8-11/h4-5H2,1-3H3/p+1. The monoisotopic (exact) mass is 188 g/mol. The van der Waals surface area contributed by atoms with Crippen molar-refractivity contribution in [1.29, 1.82) is 0 Å². The smallest absolute Gasteiger partial charge is 0.305 e. The van der Waals surface area contributed by atoms with Gasteiger partial charge in [-0.05, 0) is 31.4 Å². The summed E-state index contributed by atoms with van der Waals surface area (Å²) in [7, 11) is 5.88. The second-order valence-corrected chi connectivity index (χ2v) is 3.33. The van der Waals surface area contributed by atoms with Crippen LogP contribution in [0, 0.1) is 4.77 Å². The molecule has 0 spiro atoms. The Labute approximate surface area is 76.6 Å². The zero-order chi connectivity index (χ0) is 9.14. The largest absolute Gasteiger partial charge is 0.347 e. The van der Waals surface area contributed by atoms with Gasteiger partial charge in [0.1, 0.15) is 13.6 Å². The first-order valence-electron chi connectivity index (χ1n) is 3.77. The number of nitrogens with zero attached hydrogens (tertiary/aromatic N) is 4. The topological polar surface area (TPSA) is 40.7 Å². The third kappa shape index (κ3) is 2.38. The molecule has 5 nitrogen and oxygen atoms in total. The van der Waals surface area contributed by atoms with Crippen LogP contribution in [0.25, 0.3) is 0 Å². The number of aromatic nitrogens is 4. The molecule has 1 heterocycles. The second-order valence-electron chi connectivity index (χ2n) is 2.96. The number of aryl methyl sites for hydroxylation is 1. The van der Waals surface area contributed by atoms with Crippen molar-refractivity contribution in [2.75, 3.05) is 20.6 Å². The van der Waals surface area contributed by atoms with Crippen LogP contribution in [0.15, 0.2) is 0 Å². The molecule has 0 aromatic carbocycles. The number of aromatic amines is 1. The maximum atomic E-state index is 5.01. The van der Waals surface area contributed by atoms with Crippen molar-refractivity contribution in [3.05, 3.63) is 4.77 Å². The number of hydrogen-bond donors (Lipinski definition) is 1. The predicted octanol–water partition coefficient (Wildman–Crippen LogP) is -0.673. The van der Waals surface area contributed by atoms with E-state index in [1.807, 2.05) is 25.8 Å². The number of likely N-dealkylation sites (N-methyl/N-ethyl adjacent to an activating group) is 1. The third-order valence-corrected chi connectivity index (χ3v) is 1.80. The number of hydrogen-bond acceptors (Lipinski definition) is 3. The lowest BCUT2D eigenvalue weighted by atomic mass is 10.6. The molecule has 0 amide bonds. The molecule has 1 aromatic rings. The zero-order valence-corrected chi connectivity index (χ0v) is 8.43. The zero-order valence-electron chi connectivity index (χ0n) is 7.61. The Bertz CT molecular complexity index is 299. The molecule has 0 unspecified atom stereocenters. The average molecular weight is 188 g/mol. The van der Waals surface area contributed by atoms with Crippen molar-refractivity contribution in [1.82, 2.24) is 19.9 Å². The molecule has 0 fully saturated rings. The molecule has 0 aliphatic heterocycles. The van der Waals surface area contributed by atoms with Gasteiger partial charge in [0.25, 0.3) is 0 Å². The quantitative estimate of drug-likeness (QED) is 0.505. The highest BCUT2D eigenvalue weighted by Crippen LogP contribution is 1.83. The first-order chi connectivity index (χ1) is 5.59. The minimum atomic E-state index is 0.597. The normalized spacial score (nSPS) is 11.0. The lowest BCUT2D eigenvalue weighted by molar-refractivity contribution is -0.785. The Morgan fingerprint density at radius 2 is 2.33 bits per heavy atom. The van der Waals surface area contributed by atoms with Gasteiger partial charge in [-0.2, -0.15) is 0 Å². The van der Waals surface area contributed by atoms with Crippen molar-refractivity contribution in [2.45, 2.75) is 6.54 Å². The van der Waals surface area contributed by atoms with E-state index in [4.69, 9.17) is 12.2 Å². The minimum Gasteiger partial charge on any atom is -0.305 e. The molecule has 0 saturated heterocycles. The van der Waals surface area contributed by atoms with Crippen molar-refractivity contribution in [2.24, 2.45) is 7.05 Å². The summed E-state index contributed by atoms with van der Waals surface area (Å²) in [6.07, 6.45) is 0. The molecule has 1 N–H and O–H groups in total. The van der Waals surface area contributed by atoms with Gasteiger partial charge in [-0.25, -0.2) is 0 Å². The molecular weight excluding hydrogens is 174 g/mol. The van der Waals surface area contributed by atoms with Gasteiger partial charge in [-0.15, -0.1) is 4.68 Å². The van der Waals surface area contributed by atoms with Crippen LogP contribution < -0.4 is 4.80 Å². The molecule has 1 aromatic heterocycles. The molecule has 0 radical (unpaired) electrons. The van der Waals surface area contributed by atoms with E-state index in [1.54, 1.807) is 4.80 Å². The lowest BCUT2D eigenvalue weighted by Gasteiger charge is -2.04. The van der Waals surface area contributed by atoms with E-state index < -0.39 is 0 Å². The van der Waals surface area contributed by atoms with E-state index in [0.29, 0.717) is 4.77 Å². The van der Waals surface area contributed by atoms with Crippen LogP contribution in [0.3, 0.4) is 0 Å². The highest BCUT2D eigenvalue weighted by molar-refractivity contribution is 7.71. The van der Waals surface area contributed by atoms with E-state index in [1.165, 1.54) is 0 Å². The van der Waals surface area contributed by atoms with Crippen LogP contribution >= 0.6 is 12.2 Å². The van der Waals surface area contributed by atoms with Gasteiger partial charge in [0.2, 0.25) is 0 Å². The van der Waals surface area contributed by atoms with E-state index >= 15 is 0 Å². The highest BCUT2D eigenvalue weighted by Gasteiger charge is 2.04. The van der Waals surface area contributed by atoms with Crippen LogP contribution in [-0.2, 0) is 13.6 Å². The molecule has 0 saturated carbocycles. The van der Waals surface area contributed by atoms with Gasteiger partial charge in [0.05, 0.1) is 0 Å². The van der Waals surface area contributed by atoms with Crippen molar-refractivity contribution < 1.29 is 4.80 Å². The highest BCUT2D eigenvalue weighted by atomic mass is 32.1. The summed E-state index contributed by atoms with van der Waals surface area (Å²) in [6.45, 7) is 1.80. The summed E-state index contributed by atoms with van der Waals surface area (Å²) in [4.78, 5) is 3.71. The molecular formula is C6H14N5S+. The van der Waals surface area contributed by atoms with E-state index in [9.17, 15) is 0 Å².